The number of carbonyl (C=O) groups excluding carboxylic acids is 2. The molecule has 0 fully saturated rings. The molecule has 0 aromatic heterocycles. The van der Waals surface area contributed by atoms with E-state index in [2.05, 4.69) is 10.6 Å². The summed E-state index contributed by atoms with van der Waals surface area (Å²) in [5.74, 6) is 0.104. The lowest BCUT2D eigenvalue weighted by atomic mass is 10.1. The van der Waals surface area contributed by atoms with Crippen LogP contribution in [0.15, 0.2) is 0 Å². The van der Waals surface area contributed by atoms with Crippen LogP contribution in [0.25, 0.3) is 0 Å². The molecule has 0 bridgehead atoms. The molecule has 19 heavy (non-hydrogen) atoms. The molecule has 112 valence electrons. The number of hydrogen-bond donors (Lipinski definition) is 2. The Bertz CT molecular complexity index is 296. The summed E-state index contributed by atoms with van der Waals surface area (Å²) in [5.41, 5.74) is -0.188. The lowest BCUT2D eigenvalue weighted by Gasteiger charge is -2.22. The van der Waals surface area contributed by atoms with Crippen molar-refractivity contribution in [2.24, 2.45) is 0 Å². The minimum absolute atomic E-state index is 0.0472. The minimum Gasteiger partial charge on any atom is -0.354 e. The number of nitrogens with one attached hydrogen (secondary N) is 2. The molecule has 0 atom stereocenters. The first-order valence-corrected chi connectivity index (χ1v) is 6.89. The van der Waals surface area contributed by atoms with E-state index in [1.807, 2.05) is 46.6 Å². The molecule has 2 amide bonds. The molecule has 0 unspecified atom stereocenters. The summed E-state index contributed by atoms with van der Waals surface area (Å²) >= 11 is 0. The normalized spacial score (nSPS) is 11.8. The van der Waals surface area contributed by atoms with Crippen molar-refractivity contribution in [3.8, 4) is 0 Å². The lowest BCUT2D eigenvalue weighted by molar-refractivity contribution is -0.122. The van der Waals surface area contributed by atoms with Crippen LogP contribution < -0.4 is 10.6 Å². The Morgan fingerprint density at radius 2 is 1.53 bits per heavy atom. The first-order valence-electron chi connectivity index (χ1n) is 6.89. The summed E-state index contributed by atoms with van der Waals surface area (Å²) in [6.45, 7) is 11.1. The van der Waals surface area contributed by atoms with Crippen LogP contribution in [-0.4, -0.2) is 48.4 Å². The van der Waals surface area contributed by atoms with Crippen molar-refractivity contribution in [2.45, 2.75) is 59.0 Å². The summed E-state index contributed by atoms with van der Waals surface area (Å²) in [6, 6.07) is 0.176. The predicted molar refractivity (Wildman–Crippen MR) is 77.9 cm³/mol. The average Bonchev–Trinajstić information content (AvgIpc) is 2.20. The summed E-state index contributed by atoms with van der Waals surface area (Å²) in [4.78, 5) is 25.1. The fourth-order valence-corrected chi connectivity index (χ4v) is 1.57. The smallest absolute Gasteiger partial charge is 0.221 e. The van der Waals surface area contributed by atoms with E-state index in [9.17, 15) is 9.59 Å². The minimum atomic E-state index is -0.188. The second-order valence-electron chi connectivity index (χ2n) is 6.32. The summed E-state index contributed by atoms with van der Waals surface area (Å²) in [7, 11) is 1.92. The molecule has 0 saturated carbocycles. The van der Waals surface area contributed by atoms with Crippen LogP contribution in [0.1, 0.15) is 47.5 Å². The topological polar surface area (TPSA) is 61.4 Å². The zero-order valence-corrected chi connectivity index (χ0v) is 13.2. The van der Waals surface area contributed by atoms with Gasteiger partial charge in [-0.2, -0.15) is 0 Å². The van der Waals surface area contributed by atoms with Crippen LogP contribution in [0, 0.1) is 0 Å². The van der Waals surface area contributed by atoms with Crippen LogP contribution >= 0.6 is 0 Å². The Morgan fingerprint density at radius 1 is 1.05 bits per heavy atom. The van der Waals surface area contributed by atoms with Gasteiger partial charge in [0.1, 0.15) is 0 Å². The summed E-state index contributed by atoms with van der Waals surface area (Å²) in [5, 5.41) is 5.77. The Morgan fingerprint density at radius 3 is 1.95 bits per heavy atom. The zero-order valence-electron chi connectivity index (χ0n) is 13.2. The van der Waals surface area contributed by atoms with Crippen molar-refractivity contribution < 1.29 is 9.59 Å². The third-order valence-electron chi connectivity index (χ3n) is 2.41. The van der Waals surface area contributed by atoms with Crippen molar-refractivity contribution in [2.75, 3.05) is 20.1 Å². The standard InChI is InChI=1S/C14H29N3O2/c1-11(2)15-12(18)7-9-17(6)10-8-13(19)16-14(3,4)5/h11H,7-10H2,1-6H3,(H,15,18)(H,16,19). The van der Waals surface area contributed by atoms with Gasteiger partial charge in [0.25, 0.3) is 0 Å². The van der Waals surface area contributed by atoms with E-state index in [0.717, 1.165) is 0 Å². The van der Waals surface area contributed by atoms with E-state index in [1.54, 1.807) is 0 Å². The van der Waals surface area contributed by atoms with Gasteiger partial charge >= 0.3 is 0 Å². The number of amides is 2. The SMILES string of the molecule is CC(C)NC(=O)CCN(C)CCC(=O)NC(C)(C)C. The monoisotopic (exact) mass is 271 g/mol. The van der Waals surface area contributed by atoms with Gasteiger partial charge in [-0.15, -0.1) is 0 Å². The van der Waals surface area contributed by atoms with Gasteiger partial charge in [-0.3, -0.25) is 9.59 Å². The third-order valence-corrected chi connectivity index (χ3v) is 2.41. The second kappa shape index (κ2) is 8.15. The highest BCUT2D eigenvalue weighted by atomic mass is 16.2. The molecule has 0 heterocycles. The van der Waals surface area contributed by atoms with Crippen molar-refractivity contribution in [1.29, 1.82) is 0 Å². The zero-order chi connectivity index (χ0) is 15.1. The molecule has 0 aromatic carbocycles. The van der Waals surface area contributed by atoms with Gasteiger partial charge < -0.3 is 15.5 Å². The van der Waals surface area contributed by atoms with E-state index in [0.29, 0.717) is 25.9 Å². The van der Waals surface area contributed by atoms with Crippen LogP contribution in [0.4, 0.5) is 0 Å². The number of rotatable bonds is 7. The molecule has 0 aliphatic rings. The maximum atomic E-state index is 11.6. The summed E-state index contributed by atoms with van der Waals surface area (Å²) in [6.07, 6.45) is 0.926. The first kappa shape index (κ1) is 17.9. The molecule has 0 aliphatic heterocycles. The molecule has 0 spiro atoms. The highest BCUT2D eigenvalue weighted by Crippen LogP contribution is 2.00. The third kappa shape index (κ3) is 11.7. The fourth-order valence-electron chi connectivity index (χ4n) is 1.57. The Hall–Kier alpha value is -1.10. The van der Waals surface area contributed by atoms with Gasteiger partial charge in [-0.25, -0.2) is 0 Å². The summed E-state index contributed by atoms with van der Waals surface area (Å²) < 4.78 is 0. The van der Waals surface area contributed by atoms with Gasteiger partial charge in [-0.1, -0.05) is 0 Å². The van der Waals surface area contributed by atoms with E-state index in [-0.39, 0.29) is 23.4 Å². The van der Waals surface area contributed by atoms with Gasteiger partial charge in [0.2, 0.25) is 11.8 Å². The van der Waals surface area contributed by atoms with Crippen LogP contribution in [-0.2, 0) is 9.59 Å². The Balaban J connectivity index is 3.78. The maximum absolute atomic E-state index is 11.6. The maximum Gasteiger partial charge on any atom is 0.221 e. The van der Waals surface area contributed by atoms with Crippen LogP contribution in [0.3, 0.4) is 0 Å². The molecule has 0 rings (SSSR count). The molecule has 5 heteroatoms. The lowest BCUT2D eigenvalue weighted by Crippen LogP contribution is -2.42. The largest absolute Gasteiger partial charge is 0.354 e. The van der Waals surface area contributed by atoms with Crippen molar-refractivity contribution in [3.05, 3.63) is 0 Å². The van der Waals surface area contributed by atoms with Gasteiger partial charge in [0, 0.05) is 37.5 Å². The van der Waals surface area contributed by atoms with Gasteiger partial charge in [0.15, 0.2) is 0 Å². The number of hydrogen-bond acceptors (Lipinski definition) is 3. The second-order valence-corrected chi connectivity index (χ2v) is 6.32. The predicted octanol–water partition coefficient (Wildman–Crippen LogP) is 1.14. The van der Waals surface area contributed by atoms with Gasteiger partial charge in [0.05, 0.1) is 0 Å². The molecular weight excluding hydrogens is 242 g/mol. The van der Waals surface area contributed by atoms with Crippen LogP contribution in [0.5, 0.6) is 0 Å². The number of nitrogens with zero attached hydrogens (tertiary/aromatic N) is 1. The fraction of sp³-hybridized carbons (Fsp3) is 0.857. The highest BCUT2D eigenvalue weighted by molar-refractivity contribution is 5.77. The van der Waals surface area contributed by atoms with E-state index in [1.165, 1.54) is 0 Å². The molecule has 2 N–H and O–H groups in total. The molecule has 0 aromatic rings. The highest BCUT2D eigenvalue weighted by Gasteiger charge is 2.14. The van der Waals surface area contributed by atoms with E-state index >= 15 is 0 Å². The van der Waals surface area contributed by atoms with E-state index < -0.39 is 0 Å². The van der Waals surface area contributed by atoms with Crippen molar-refractivity contribution in [1.82, 2.24) is 15.5 Å². The molecule has 0 radical (unpaired) electrons. The first-order chi connectivity index (χ1) is 8.60. The van der Waals surface area contributed by atoms with E-state index in [4.69, 9.17) is 0 Å². The van der Waals surface area contributed by atoms with Gasteiger partial charge in [-0.05, 0) is 41.7 Å². The quantitative estimate of drug-likeness (QED) is 0.730. The molecular formula is C14H29N3O2. The average molecular weight is 271 g/mol. The Labute approximate surface area is 117 Å². The van der Waals surface area contributed by atoms with Crippen LogP contribution in [0.2, 0.25) is 0 Å². The molecule has 0 saturated heterocycles. The molecule has 5 nitrogen and oxygen atoms in total. The number of carbonyl (C=O) groups is 2. The Kier molecular flexibility index (Phi) is 7.68. The molecule has 0 aliphatic carbocycles. The van der Waals surface area contributed by atoms with Crippen molar-refractivity contribution >= 4 is 11.8 Å². The van der Waals surface area contributed by atoms with Crippen molar-refractivity contribution in [3.63, 3.8) is 0 Å².